The van der Waals surface area contributed by atoms with Crippen molar-refractivity contribution >= 4 is 31.6 Å². The molecular weight excluding hydrogens is 539 g/mol. The van der Waals surface area contributed by atoms with Crippen LogP contribution in [-0.4, -0.2) is 64.6 Å². The molecule has 2 N–H and O–H groups in total. The van der Waals surface area contributed by atoms with E-state index in [2.05, 4.69) is 48.2 Å². The molecule has 0 unspecified atom stereocenters. The number of rotatable bonds is 8. The Morgan fingerprint density at radius 3 is 2.46 bits per heavy atom. The smallest absolute Gasteiger partial charge is 0.147 e. The van der Waals surface area contributed by atoms with E-state index in [1.165, 1.54) is 18.4 Å². The fourth-order valence-corrected chi connectivity index (χ4v) is 5.75. The zero-order valence-electron chi connectivity index (χ0n) is 22.9. The van der Waals surface area contributed by atoms with Gasteiger partial charge in [0, 0.05) is 58.8 Å². The normalized spacial score (nSPS) is 12.1. The molecule has 0 aliphatic carbocycles. The maximum atomic E-state index is 14.6. The molecule has 0 amide bonds. The number of benzene rings is 2. The SMILES string of the molecule is CN(C)Cc1cncc(-c2ccc3[nH]nc(-c4cc5c(-c6cc(F)cc(CCS(C)(=O)=O)c6)nccc5[nH]4)c3c2)c1. The lowest BCUT2D eigenvalue weighted by Gasteiger charge is -2.10. The van der Waals surface area contributed by atoms with E-state index >= 15 is 0 Å². The van der Waals surface area contributed by atoms with Crippen LogP contribution in [0.1, 0.15) is 11.1 Å². The van der Waals surface area contributed by atoms with Gasteiger partial charge in [-0.3, -0.25) is 15.1 Å². The van der Waals surface area contributed by atoms with E-state index in [0.29, 0.717) is 16.8 Å². The molecule has 8 nitrogen and oxygen atoms in total. The Kier molecular flexibility index (Phi) is 6.88. The summed E-state index contributed by atoms with van der Waals surface area (Å²) in [5.74, 6) is -0.484. The number of H-pyrrole nitrogens is 2. The summed E-state index contributed by atoms with van der Waals surface area (Å²) in [6, 6.07) is 16.8. The number of pyridine rings is 2. The molecule has 208 valence electrons. The van der Waals surface area contributed by atoms with E-state index < -0.39 is 15.7 Å². The van der Waals surface area contributed by atoms with Crippen LogP contribution in [0.3, 0.4) is 0 Å². The first-order valence-electron chi connectivity index (χ1n) is 13.2. The largest absolute Gasteiger partial charge is 0.353 e. The average Bonchev–Trinajstić information content (AvgIpc) is 3.54. The summed E-state index contributed by atoms with van der Waals surface area (Å²) in [7, 11) is 0.890. The Bertz CT molecular complexity index is 2010. The Morgan fingerprint density at radius 2 is 1.66 bits per heavy atom. The van der Waals surface area contributed by atoms with Crippen molar-refractivity contribution in [3.63, 3.8) is 0 Å². The first-order valence-corrected chi connectivity index (χ1v) is 15.2. The molecule has 4 heterocycles. The van der Waals surface area contributed by atoms with Crippen LogP contribution in [0.4, 0.5) is 4.39 Å². The topological polar surface area (TPSA) is 108 Å². The van der Waals surface area contributed by atoms with Crippen molar-refractivity contribution in [3.8, 4) is 33.8 Å². The monoisotopic (exact) mass is 568 g/mol. The molecule has 4 aromatic heterocycles. The Balaban J connectivity index is 1.40. The highest BCUT2D eigenvalue weighted by Crippen LogP contribution is 2.35. The zero-order valence-corrected chi connectivity index (χ0v) is 23.8. The van der Waals surface area contributed by atoms with Crippen molar-refractivity contribution in [2.24, 2.45) is 0 Å². The number of halogens is 1. The Hall–Kier alpha value is -4.41. The summed E-state index contributed by atoms with van der Waals surface area (Å²) >= 11 is 0. The number of nitrogens with one attached hydrogen (secondary N) is 2. The lowest BCUT2D eigenvalue weighted by atomic mass is 10.0. The molecule has 0 fully saturated rings. The lowest BCUT2D eigenvalue weighted by molar-refractivity contribution is 0.402. The first-order chi connectivity index (χ1) is 19.6. The van der Waals surface area contributed by atoms with Gasteiger partial charge in [0.1, 0.15) is 21.3 Å². The molecule has 0 aliphatic rings. The average molecular weight is 569 g/mol. The van der Waals surface area contributed by atoms with Crippen molar-refractivity contribution in [2.75, 3.05) is 26.1 Å². The van der Waals surface area contributed by atoms with Gasteiger partial charge in [0.15, 0.2) is 0 Å². The second-order valence-corrected chi connectivity index (χ2v) is 12.9. The Morgan fingerprint density at radius 1 is 0.854 bits per heavy atom. The van der Waals surface area contributed by atoms with Gasteiger partial charge in [-0.25, -0.2) is 12.8 Å². The maximum absolute atomic E-state index is 14.6. The first kappa shape index (κ1) is 26.8. The minimum atomic E-state index is -3.17. The minimum Gasteiger partial charge on any atom is -0.353 e. The number of fused-ring (bicyclic) bond motifs is 2. The van der Waals surface area contributed by atoms with Crippen LogP contribution in [-0.2, 0) is 22.8 Å². The van der Waals surface area contributed by atoms with Crippen LogP contribution in [0.25, 0.3) is 55.6 Å². The number of nitrogens with zero attached hydrogens (tertiary/aromatic N) is 4. The fourth-order valence-electron chi connectivity index (χ4n) is 5.14. The van der Waals surface area contributed by atoms with E-state index in [4.69, 9.17) is 0 Å². The van der Waals surface area contributed by atoms with Gasteiger partial charge in [-0.15, -0.1) is 0 Å². The van der Waals surface area contributed by atoms with Crippen LogP contribution >= 0.6 is 0 Å². The van der Waals surface area contributed by atoms with Crippen molar-refractivity contribution in [1.29, 1.82) is 0 Å². The third kappa shape index (κ3) is 5.75. The molecule has 10 heteroatoms. The van der Waals surface area contributed by atoms with Gasteiger partial charge in [0.05, 0.1) is 22.7 Å². The molecule has 0 aliphatic heterocycles. The number of aryl methyl sites for hydroxylation is 1. The zero-order chi connectivity index (χ0) is 28.7. The van der Waals surface area contributed by atoms with Crippen molar-refractivity contribution in [2.45, 2.75) is 13.0 Å². The van der Waals surface area contributed by atoms with E-state index in [-0.39, 0.29) is 12.2 Å². The molecule has 0 saturated carbocycles. The van der Waals surface area contributed by atoms with Gasteiger partial charge in [0.2, 0.25) is 0 Å². The maximum Gasteiger partial charge on any atom is 0.147 e. The predicted octanol–water partition coefficient (Wildman–Crippen LogP) is 5.62. The van der Waals surface area contributed by atoms with Crippen LogP contribution in [0.2, 0.25) is 0 Å². The van der Waals surface area contributed by atoms with Gasteiger partial charge in [-0.05, 0) is 85.7 Å². The molecule has 0 saturated heterocycles. The quantitative estimate of drug-likeness (QED) is 0.247. The highest BCUT2D eigenvalue weighted by molar-refractivity contribution is 7.90. The van der Waals surface area contributed by atoms with Gasteiger partial charge < -0.3 is 9.88 Å². The van der Waals surface area contributed by atoms with E-state index in [0.717, 1.165) is 56.4 Å². The molecule has 41 heavy (non-hydrogen) atoms. The number of hydrogen-bond donors (Lipinski definition) is 2. The van der Waals surface area contributed by atoms with Crippen LogP contribution in [0.15, 0.2) is 73.2 Å². The van der Waals surface area contributed by atoms with E-state index in [1.807, 2.05) is 44.7 Å². The highest BCUT2D eigenvalue weighted by atomic mass is 32.2. The second-order valence-electron chi connectivity index (χ2n) is 10.7. The molecule has 0 radical (unpaired) electrons. The lowest BCUT2D eigenvalue weighted by Crippen LogP contribution is -2.10. The molecule has 0 bridgehead atoms. The van der Waals surface area contributed by atoms with Crippen molar-refractivity contribution in [1.82, 2.24) is 30.0 Å². The fraction of sp³-hybridized carbons (Fsp3) is 0.194. The number of sulfone groups is 1. The van der Waals surface area contributed by atoms with Gasteiger partial charge in [-0.2, -0.15) is 5.10 Å². The van der Waals surface area contributed by atoms with E-state index in [1.54, 1.807) is 12.3 Å². The minimum absolute atomic E-state index is 0.0495. The highest BCUT2D eigenvalue weighted by Gasteiger charge is 2.16. The molecule has 6 rings (SSSR count). The second kappa shape index (κ2) is 10.5. The molecule has 0 spiro atoms. The van der Waals surface area contributed by atoms with Crippen LogP contribution < -0.4 is 0 Å². The summed E-state index contributed by atoms with van der Waals surface area (Å²) in [5.41, 5.74) is 8.28. The van der Waals surface area contributed by atoms with Crippen LogP contribution in [0.5, 0.6) is 0 Å². The van der Waals surface area contributed by atoms with Crippen molar-refractivity contribution in [3.05, 3.63) is 90.1 Å². The third-order valence-electron chi connectivity index (χ3n) is 6.99. The third-order valence-corrected chi connectivity index (χ3v) is 7.93. The molecule has 2 aromatic carbocycles. The summed E-state index contributed by atoms with van der Waals surface area (Å²) < 4.78 is 37.9. The summed E-state index contributed by atoms with van der Waals surface area (Å²) in [5, 5.41) is 9.51. The predicted molar refractivity (Wildman–Crippen MR) is 161 cm³/mol. The van der Waals surface area contributed by atoms with Crippen LogP contribution in [0, 0.1) is 5.82 Å². The Labute approximate surface area is 237 Å². The standard InChI is InChI=1S/C31H29FN6O2S/c1-38(2)18-20-11-23(17-33-16-20)21-4-5-28-25(14-21)31(37-36-28)29-15-26-27(35-29)6-8-34-30(26)22-10-19(12-24(32)13-22)7-9-41(3,39)40/h4-6,8,10-17,35H,7,9,18H2,1-3H3,(H,36,37). The summed E-state index contributed by atoms with van der Waals surface area (Å²) in [6.07, 6.45) is 6.83. The molecule has 6 aromatic rings. The van der Waals surface area contributed by atoms with E-state index in [9.17, 15) is 12.8 Å². The summed E-state index contributed by atoms with van der Waals surface area (Å²) in [6.45, 7) is 0.802. The molecular formula is C31H29FN6O2S. The number of aromatic nitrogens is 5. The number of aromatic amines is 2. The number of hydrogen-bond acceptors (Lipinski definition) is 6. The van der Waals surface area contributed by atoms with Crippen molar-refractivity contribution < 1.29 is 12.8 Å². The molecule has 0 atom stereocenters. The summed E-state index contributed by atoms with van der Waals surface area (Å²) in [4.78, 5) is 14.6. The van der Waals surface area contributed by atoms with Gasteiger partial charge in [0.25, 0.3) is 0 Å². The van der Waals surface area contributed by atoms with Gasteiger partial charge >= 0.3 is 0 Å². The van der Waals surface area contributed by atoms with Gasteiger partial charge in [-0.1, -0.05) is 6.07 Å².